The molecule has 1 heterocycles. The van der Waals surface area contributed by atoms with Gasteiger partial charge < -0.3 is 9.73 Å². The smallest absolute Gasteiger partial charge is 0.154 e. The van der Waals surface area contributed by atoms with Crippen molar-refractivity contribution in [2.24, 2.45) is 0 Å². The van der Waals surface area contributed by atoms with Crippen LogP contribution in [0.5, 0.6) is 0 Å². The molecule has 5 heteroatoms. The number of rotatable bonds is 5. The Hall–Kier alpha value is -0.810. The fourth-order valence-electron chi connectivity index (χ4n) is 1.79. The molecule has 0 aliphatic carbocycles. The third kappa shape index (κ3) is 2.72. The average Bonchev–Trinajstić information content (AvgIpc) is 2.65. The van der Waals surface area contributed by atoms with E-state index in [0.29, 0.717) is 5.76 Å². The lowest BCUT2D eigenvalue weighted by atomic mass is 10.0. The number of aryl methyl sites for hydroxylation is 1. The van der Waals surface area contributed by atoms with Crippen LogP contribution in [0.2, 0.25) is 0 Å². The van der Waals surface area contributed by atoms with Crippen LogP contribution in [0.4, 0.5) is 0 Å². The second kappa shape index (κ2) is 4.82. The number of hydrogen-bond donors (Lipinski definition) is 1. The van der Waals surface area contributed by atoms with Crippen molar-refractivity contribution in [2.75, 3.05) is 13.3 Å². The first-order valence-corrected chi connectivity index (χ1v) is 7.58. The van der Waals surface area contributed by atoms with Crippen molar-refractivity contribution in [3.05, 3.63) is 23.7 Å². The molecule has 17 heavy (non-hydrogen) atoms. The summed E-state index contributed by atoms with van der Waals surface area (Å²) in [5.74, 6) is 1.53. The van der Waals surface area contributed by atoms with Crippen molar-refractivity contribution in [1.82, 2.24) is 5.32 Å². The van der Waals surface area contributed by atoms with Crippen LogP contribution in [0.3, 0.4) is 0 Å². The van der Waals surface area contributed by atoms with Crippen molar-refractivity contribution >= 4 is 9.84 Å². The number of furan rings is 1. The normalized spacial score (nSPS) is 14.9. The molecule has 0 spiro atoms. The summed E-state index contributed by atoms with van der Waals surface area (Å²) < 4.78 is 28.4. The SMILES string of the molecule is CCc1ccc(C(NC)C(C)(C)S(C)(=O)=O)o1. The predicted molar refractivity (Wildman–Crippen MR) is 68.8 cm³/mol. The molecular formula is C12H21NO3S. The number of hydrogen-bond acceptors (Lipinski definition) is 4. The number of sulfone groups is 1. The zero-order valence-corrected chi connectivity index (χ0v) is 11.9. The van der Waals surface area contributed by atoms with Gasteiger partial charge in [0.05, 0.1) is 10.8 Å². The van der Waals surface area contributed by atoms with Crippen LogP contribution in [0.15, 0.2) is 16.5 Å². The first kappa shape index (κ1) is 14.3. The van der Waals surface area contributed by atoms with Gasteiger partial charge in [-0.15, -0.1) is 0 Å². The Kier molecular flexibility index (Phi) is 4.04. The first-order valence-electron chi connectivity index (χ1n) is 5.69. The molecule has 4 nitrogen and oxygen atoms in total. The fraction of sp³-hybridized carbons (Fsp3) is 0.667. The van der Waals surface area contributed by atoms with Gasteiger partial charge in [0.15, 0.2) is 9.84 Å². The van der Waals surface area contributed by atoms with Gasteiger partial charge in [-0.2, -0.15) is 0 Å². The van der Waals surface area contributed by atoms with Gasteiger partial charge in [-0.3, -0.25) is 0 Å². The minimum Gasteiger partial charge on any atom is -0.464 e. The van der Waals surface area contributed by atoms with E-state index < -0.39 is 14.6 Å². The van der Waals surface area contributed by atoms with Crippen LogP contribution in [0.25, 0.3) is 0 Å². The van der Waals surface area contributed by atoms with Gasteiger partial charge in [-0.25, -0.2) is 8.42 Å². The van der Waals surface area contributed by atoms with Crippen LogP contribution >= 0.6 is 0 Å². The van der Waals surface area contributed by atoms with Gasteiger partial charge in [0.1, 0.15) is 11.5 Å². The summed E-state index contributed by atoms with van der Waals surface area (Å²) in [6, 6.07) is 3.38. The lowest BCUT2D eigenvalue weighted by molar-refractivity contribution is 0.357. The zero-order chi connectivity index (χ0) is 13.3. The van der Waals surface area contributed by atoms with Gasteiger partial charge in [-0.1, -0.05) is 6.92 Å². The molecule has 0 bridgehead atoms. The summed E-state index contributed by atoms with van der Waals surface area (Å²) in [4.78, 5) is 0. The molecule has 0 radical (unpaired) electrons. The second-order valence-electron chi connectivity index (χ2n) is 4.75. The molecule has 0 saturated heterocycles. The molecule has 1 rings (SSSR count). The van der Waals surface area contributed by atoms with E-state index in [4.69, 9.17) is 4.42 Å². The van der Waals surface area contributed by atoms with Gasteiger partial charge in [0.25, 0.3) is 0 Å². The minimum absolute atomic E-state index is 0.349. The minimum atomic E-state index is -3.18. The quantitative estimate of drug-likeness (QED) is 0.877. The summed E-state index contributed by atoms with van der Waals surface area (Å²) in [5, 5.41) is 3.03. The van der Waals surface area contributed by atoms with Gasteiger partial charge in [0, 0.05) is 12.7 Å². The summed E-state index contributed by atoms with van der Waals surface area (Å²) in [6.45, 7) is 5.41. The highest BCUT2D eigenvalue weighted by Gasteiger charge is 2.40. The number of nitrogens with one attached hydrogen (secondary N) is 1. The molecular weight excluding hydrogens is 238 g/mol. The highest BCUT2D eigenvalue weighted by molar-refractivity contribution is 7.92. The van der Waals surface area contributed by atoms with E-state index in [1.165, 1.54) is 6.26 Å². The molecule has 1 aromatic rings. The largest absolute Gasteiger partial charge is 0.464 e. The summed E-state index contributed by atoms with van der Waals surface area (Å²) in [5.41, 5.74) is 0. The molecule has 1 unspecified atom stereocenters. The molecule has 1 aromatic heterocycles. The van der Waals surface area contributed by atoms with Crippen molar-refractivity contribution in [3.63, 3.8) is 0 Å². The van der Waals surface area contributed by atoms with Gasteiger partial charge in [0.2, 0.25) is 0 Å². The van der Waals surface area contributed by atoms with Crippen LogP contribution < -0.4 is 5.32 Å². The van der Waals surface area contributed by atoms with E-state index in [0.717, 1.165) is 12.2 Å². The maximum absolute atomic E-state index is 11.8. The van der Waals surface area contributed by atoms with E-state index in [9.17, 15) is 8.42 Å². The van der Waals surface area contributed by atoms with Crippen molar-refractivity contribution in [3.8, 4) is 0 Å². The molecule has 0 saturated carbocycles. The molecule has 0 aliphatic heterocycles. The van der Waals surface area contributed by atoms with E-state index in [-0.39, 0.29) is 6.04 Å². The standard InChI is InChI=1S/C12H21NO3S/c1-6-9-7-8-10(16-9)11(13-4)12(2,3)17(5,14)15/h7-8,11,13H,6H2,1-5H3. The van der Waals surface area contributed by atoms with Crippen LogP contribution in [-0.2, 0) is 16.3 Å². The zero-order valence-electron chi connectivity index (χ0n) is 11.1. The molecule has 0 aromatic carbocycles. The van der Waals surface area contributed by atoms with Crippen LogP contribution in [0, 0.1) is 0 Å². The predicted octanol–water partition coefficient (Wildman–Crippen LogP) is 1.93. The summed E-state index contributed by atoms with van der Waals surface area (Å²) in [6.07, 6.45) is 2.05. The highest BCUT2D eigenvalue weighted by atomic mass is 32.2. The monoisotopic (exact) mass is 259 g/mol. The van der Waals surface area contributed by atoms with Crippen LogP contribution in [0.1, 0.15) is 38.3 Å². The average molecular weight is 259 g/mol. The van der Waals surface area contributed by atoms with E-state index in [1.54, 1.807) is 20.9 Å². The molecule has 0 fully saturated rings. The molecule has 1 N–H and O–H groups in total. The lowest BCUT2D eigenvalue weighted by Gasteiger charge is -2.30. The Balaban J connectivity index is 3.16. The third-order valence-corrected chi connectivity index (χ3v) is 5.40. The maximum Gasteiger partial charge on any atom is 0.154 e. The van der Waals surface area contributed by atoms with Gasteiger partial charge in [-0.05, 0) is 33.0 Å². The Bertz CT molecular complexity index is 474. The summed E-state index contributed by atoms with van der Waals surface area (Å²) >= 11 is 0. The molecule has 1 atom stereocenters. The summed E-state index contributed by atoms with van der Waals surface area (Å²) in [7, 11) is -1.44. The maximum atomic E-state index is 11.8. The fourth-order valence-corrected chi connectivity index (χ4v) is 2.45. The van der Waals surface area contributed by atoms with Crippen LogP contribution in [-0.4, -0.2) is 26.5 Å². The highest BCUT2D eigenvalue weighted by Crippen LogP contribution is 2.32. The Morgan fingerprint density at radius 3 is 2.35 bits per heavy atom. The van der Waals surface area contributed by atoms with E-state index >= 15 is 0 Å². The Labute approximate surface area is 103 Å². The topological polar surface area (TPSA) is 59.3 Å². The van der Waals surface area contributed by atoms with Gasteiger partial charge >= 0.3 is 0 Å². The third-order valence-electron chi connectivity index (χ3n) is 3.25. The second-order valence-corrected chi connectivity index (χ2v) is 7.35. The molecule has 0 amide bonds. The molecule has 0 aliphatic rings. The van der Waals surface area contributed by atoms with Crippen molar-refractivity contribution < 1.29 is 12.8 Å². The Morgan fingerprint density at radius 2 is 2.00 bits per heavy atom. The molecule has 98 valence electrons. The van der Waals surface area contributed by atoms with E-state index in [2.05, 4.69) is 5.32 Å². The van der Waals surface area contributed by atoms with Crippen molar-refractivity contribution in [2.45, 2.75) is 38.0 Å². The van der Waals surface area contributed by atoms with Crippen molar-refractivity contribution in [1.29, 1.82) is 0 Å². The lowest BCUT2D eigenvalue weighted by Crippen LogP contribution is -2.43. The van der Waals surface area contributed by atoms with E-state index in [1.807, 2.05) is 19.1 Å². The Morgan fingerprint density at radius 1 is 1.41 bits per heavy atom. The first-order chi connectivity index (χ1) is 7.74.